The van der Waals surface area contributed by atoms with Gasteiger partial charge in [-0.05, 0) is 49.3 Å². The number of benzene rings is 1. The predicted octanol–water partition coefficient (Wildman–Crippen LogP) is 2.92. The van der Waals surface area contributed by atoms with Gasteiger partial charge in [0.2, 0.25) is 0 Å². The molecule has 0 radical (unpaired) electrons. The van der Waals surface area contributed by atoms with Crippen LogP contribution in [0.25, 0.3) is 0 Å². The van der Waals surface area contributed by atoms with Crippen LogP contribution >= 0.6 is 11.6 Å². The molecule has 2 fully saturated rings. The highest BCUT2D eigenvalue weighted by atomic mass is 35.5. The van der Waals surface area contributed by atoms with E-state index in [9.17, 15) is 4.79 Å². The van der Waals surface area contributed by atoms with Gasteiger partial charge in [-0.15, -0.1) is 0 Å². The molecule has 4 rings (SSSR count). The second-order valence-electron chi connectivity index (χ2n) is 7.92. The van der Waals surface area contributed by atoms with Crippen LogP contribution in [0.5, 0.6) is 11.5 Å². The SMILES string of the molecule is O=C(O)CN(CC1CC1)C1CC(NCc2cc(Cl)c3c(c2)OCCCO3)C1. The van der Waals surface area contributed by atoms with Gasteiger partial charge in [-0.2, -0.15) is 0 Å². The number of carboxylic acids is 1. The van der Waals surface area contributed by atoms with Gasteiger partial charge >= 0.3 is 5.97 Å². The van der Waals surface area contributed by atoms with Gasteiger partial charge in [0.25, 0.3) is 0 Å². The van der Waals surface area contributed by atoms with E-state index < -0.39 is 5.97 Å². The lowest BCUT2D eigenvalue weighted by Gasteiger charge is -2.43. The molecule has 7 heteroatoms. The number of aliphatic carboxylic acids is 1. The number of nitrogens with zero attached hydrogens (tertiary/aromatic N) is 1. The van der Waals surface area contributed by atoms with E-state index in [0.29, 0.717) is 42.0 Å². The molecule has 1 heterocycles. The fourth-order valence-corrected chi connectivity index (χ4v) is 4.14. The second-order valence-corrected chi connectivity index (χ2v) is 8.33. The minimum atomic E-state index is -0.728. The zero-order chi connectivity index (χ0) is 18.8. The van der Waals surface area contributed by atoms with Crippen LogP contribution < -0.4 is 14.8 Å². The van der Waals surface area contributed by atoms with Crippen LogP contribution in [0.3, 0.4) is 0 Å². The van der Waals surface area contributed by atoms with Gasteiger partial charge < -0.3 is 19.9 Å². The van der Waals surface area contributed by atoms with Crippen molar-refractivity contribution < 1.29 is 19.4 Å². The van der Waals surface area contributed by atoms with Crippen molar-refractivity contribution in [1.29, 1.82) is 0 Å². The largest absolute Gasteiger partial charge is 0.489 e. The van der Waals surface area contributed by atoms with E-state index in [1.54, 1.807) is 0 Å². The molecular weight excluding hydrogens is 368 g/mol. The van der Waals surface area contributed by atoms with Crippen LogP contribution in [0.2, 0.25) is 5.02 Å². The van der Waals surface area contributed by atoms with Crippen molar-refractivity contribution in [1.82, 2.24) is 10.2 Å². The number of carbonyl (C=O) groups is 1. The van der Waals surface area contributed by atoms with E-state index in [-0.39, 0.29) is 6.54 Å². The summed E-state index contributed by atoms with van der Waals surface area (Å²) in [6, 6.07) is 4.73. The average Bonchev–Trinajstić information content (AvgIpc) is 3.39. The molecule has 0 unspecified atom stereocenters. The fraction of sp³-hybridized carbons (Fsp3) is 0.650. The maximum absolute atomic E-state index is 11.1. The third-order valence-corrected chi connectivity index (χ3v) is 5.90. The number of ether oxygens (including phenoxy) is 2. The molecule has 3 aliphatic rings. The van der Waals surface area contributed by atoms with Gasteiger partial charge in [0.15, 0.2) is 11.5 Å². The highest BCUT2D eigenvalue weighted by Gasteiger charge is 2.36. The maximum atomic E-state index is 11.1. The topological polar surface area (TPSA) is 71.0 Å². The summed E-state index contributed by atoms with van der Waals surface area (Å²) in [5.74, 6) is 1.35. The molecule has 6 nitrogen and oxygen atoms in total. The highest BCUT2D eigenvalue weighted by Crippen LogP contribution is 2.38. The summed E-state index contributed by atoms with van der Waals surface area (Å²) < 4.78 is 11.4. The third kappa shape index (κ3) is 4.86. The molecule has 0 aromatic heterocycles. The standard InChI is InChI=1S/C20H27ClN2O4/c21-17-6-14(7-18-20(17)27-5-1-4-26-18)10-22-15-8-16(9-15)23(12-19(24)25)11-13-2-3-13/h6-7,13,15-16,22H,1-5,8-12H2,(H,24,25). The molecule has 1 aromatic carbocycles. The van der Waals surface area contributed by atoms with Gasteiger partial charge in [-0.25, -0.2) is 0 Å². The van der Waals surface area contributed by atoms with Crippen molar-refractivity contribution in [2.75, 3.05) is 26.3 Å². The van der Waals surface area contributed by atoms with E-state index in [4.69, 9.17) is 26.2 Å². The van der Waals surface area contributed by atoms with Gasteiger partial charge in [0, 0.05) is 31.6 Å². The molecule has 0 amide bonds. The molecule has 2 N–H and O–H groups in total. The van der Waals surface area contributed by atoms with Gasteiger partial charge in [-0.1, -0.05) is 11.6 Å². The molecule has 1 aromatic rings. The Kier molecular flexibility index (Phi) is 5.76. The maximum Gasteiger partial charge on any atom is 0.317 e. The Morgan fingerprint density at radius 2 is 2.04 bits per heavy atom. The predicted molar refractivity (Wildman–Crippen MR) is 103 cm³/mol. The summed E-state index contributed by atoms with van der Waals surface area (Å²) in [5, 5.41) is 13.3. The van der Waals surface area contributed by atoms with Crippen molar-refractivity contribution in [2.24, 2.45) is 5.92 Å². The Hall–Kier alpha value is -1.50. The van der Waals surface area contributed by atoms with E-state index in [1.807, 2.05) is 12.1 Å². The lowest BCUT2D eigenvalue weighted by molar-refractivity contribution is -0.139. The summed E-state index contributed by atoms with van der Waals surface area (Å²) >= 11 is 6.36. The van der Waals surface area contributed by atoms with Crippen LogP contribution in [0.4, 0.5) is 0 Å². The number of carboxylic acid groups (broad SMARTS) is 1. The first-order valence-electron chi connectivity index (χ1n) is 9.85. The third-order valence-electron chi connectivity index (χ3n) is 5.61. The van der Waals surface area contributed by atoms with Crippen LogP contribution in [-0.4, -0.2) is 54.4 Å². The van der Waals surface area contributed by atoms with Crippen LogP contribution in [0, 0.1) is 5.92 Å². The van der Waals surface area contributed by atoms with E-state index >= 15 is 0 Å². The Balaban J connectivity index is 1.28. The number of halogens is 1. The summed E-state index contributed by atoms with van der Waals surface area (Å²) in [6.07, 6.45) is 5.34. The number of nitrogens with one attached hydrogen (secondary N) is 1. The molecule has 0 spiro atoms. The first-order chi connectivity index (χ1) is 13.1. The molecule has 0 saturated heterocycles. The van der Waals surface area contributed by atoms with Gasteiger partial charge in [0.1, 0.15) is 0 Å². The number of fused-ring (bicyclic) bond motifs is 1. The molecule has 2 aliphatic carbocycles. The van der Waals surface area contributed by atoms with Crippen LogP contribution in [0.15, 0.2) is 12.1 Å². The smallest absolute Gasteiger partial charge is 0.317 e. The minimum Gasteiger partial charge on any atom is -0.489 e. The number of hydrogen-bond donors (Lipinski definition) is 2. The van der Waals surface area contributed by atoms with E-state index in [2.05, 4.69) is 10.2 Å². The Bertz CT molecular complexity index is 689. The number of hydrogen-bond acceptors (Lipinski definition) is 5. The molecule has 1 aliphatic heterocycles. The lowest BCUT2D eigenvalue weighted by Crippen LogP contribution is -2.54. The van der Waals surface area contributed by atoms with Crippen molar-refractivity contribution in [3.63, 3.8) is 0 Å². The zero-order valence-electron chi connectivity index (χ0n) is 15.5. The zero-order valence-corrected chi connectivity index (χ0v) is 16.2. The quantitative estimate of drug-likeness (QED) is 0.706. The second kappa shape index (κ2) is 8.25. The minimum absolute atomic E-state index is 0.158. The summed E-state index contributed by atoms with van der Waals surface area (Å²) in [5.41, 5.74) is 1.08. The lowest BCUT2D eigenvalue weighted by atomic mass is 9.85. The summed E-state index contributed by atoms with van der Waals surface area (Å²) in [4.78, 5) is 13.3. The first-order valence-corrected chi connectivity index (χ1v) is 10.2. The molecule has 0 atom stereocenters. The Labute approximate surface area is 164 Å². The number of rotatable bonds is 8. The van der Waals surface area contributed by atoms with Crippen LogP contribution in [-0.2, 0) is 11.3 Å². The van der Waals surface area contributed by atoms with E-state index in [1.165, 1.54) is 12.8 Å². The average molecular weight is 395 g/mol. The summed E-state index contributed by atoms with van der Waals surface area (Å²) in [6.45, 7) is 3.08. The first kappa shape index (κ1) is 18.8. The summed E-state index contributed by atoms with van der Waals surface area (Å²) in [7, 11) is 0. The van der Waals surface area contributed by atoms with Crippen LogP contribution in [0.1, 0.15) is 37.7 Å². The van der Waals surface area contributed by atoms with Gasteiger partial charge in [-0.3, -0.25) is 9.69 Å². The highest BCUT2D eigenvalue weighted by molar-refractivity contribution is 6.32. The molecule has 0 bridgehead atoms. The fourth-order valence-electron chi connectivity index (χ4n) is 3.85. The Morgan fingerprint density at radius 1 is 1.26 bits per heavy atom. The normalized spacial score (nSPS) is 24.4. The Morgan fingerprint density at radius 3 is 2.78 bits per heavy atom. The monoisotopic (exact) mass is 394 g/mol. The van der Waals surface area contributed by atoms with Crippen molar-refractivity contribution in [3.05, 3.63) is 22.7 Å². The molecule has 27 heavy (non-hydrogen) atoms. The van der Waals surface area contributed by atoms with Crippen molar-refractivity contribution in [2.45, 2.75) is 50.7 Å². The molecular formula is C20H27ClN2O4. The van der Waals surface area contributed by atoms with Gasteiger partial charge in [0.05, 0.1) is 24.8 Å². The van der Waals surface area contributed by atoms with Crippen molar-refractivity contribution in [3.8, 4) is 11.5 Å². The van der Waals surface area contributed by atoms with E-state index in [0.717, 1.165) is 43.7 Å². The molecule has 148 valence electrons. The van der Waals surface area contributed by atoms with Crippen molar-refractivity contribution >= 4 is 17.6 Å². The molecule has 2 saturated carbocycles.